The number of ether oxygens (including phenoxy) is 2. The van der Waals surface area contributed by atoms with E-state index < -0.39 is 5.79 Å². The highest BCUT2D eigenvalue weighted by molar-refractivity contribution is 7.31. The maximum absolute atomic E-state index is 12.3. The van der Waals surface area contributed by atoms with Crippen molar-refractivity contribution in [1.82, 2.24) is 0 Å². The van der Waals surface area contributed by atoms with Gasteiger partial charge in [0.15, 0.2) is 11.5 Å². The lowest BCUT2D eigenvalue weighted by Crippen LogP contribution is -2.29. The van der Waals surface area contributed by atoms with Gasteiger partial charge < -0.3 is 14.8 Å². The second-order valence-corrected chi connectivity index (χ2v) is 6.39. The molecule has 0 saturated carbocycles. The lowest BCUT2D eigenvalue weighted by molar-refractivity contribution is -0.0431. The molecule has 0 fully saturated rings. The first-order valence-electron chi connectivity index (χ1n) is 6.70. The number of hydrogen-bond acceptors (Lipinski definition) is 3. The molecule has 0 spiro atoms. The van der Waals surface area contributed by atoms with Crippen LogP contribution in [0.5, 0.6) is 11.5 Å². The minimum atomic E-state index is -0.661. The van der Waals surface area contributed by atoms with Gasteiger partial charge >= 0.3 is 0 Å². The summed E-state index contributed by atoms with van der Waals surface area (Å²) in [6.45, 7) is 5.64. The van der Waals surface area contributed by atoms with Gasteiger partial charge in [0, 0.05) is 25.6 Å². The number of benzene rings is 1. The maximum Gasteiger partial charge on any atom is 0.260 e. The van der Waals surface area contributed by atoms with Crippen molar-refractivity contribution in [2.75, 3.05) is 5.32 Å². The van der Waals surface area contributed by atoms with Crippen molar-refractivity contribution in [3.63, 3.8) is 0 Å². The molecule has 2 aromatic rings. The molecular formula is C16H16NO3P. The molecule has 108 valence electrons. The highest BCUT2D eigenvalue weighted by Crippen LogP contribution is 2.40. The van der Waals surface area contributed by atoms with E-state index in [1.807, 2.05) is 50.8 Å². The Morgan fingerprint density at radius 2 is 1.95 bits per heavy atom. The molecule has 0 saturated heterocycles. The molecule has 1 N–H and O–H groups in total. The van der Waals surface area contributed by atoms with Crippen molar-refractivity contribution in [2.45, 2.75) is 26.6 Å². The first kappa shape index (κ1) is 13.9. The van der Waals surface area contributed by atoms with E-state index in [1.165, 1.54) is 0 Å². The average Bonchev–Trinajstić information content (AvgIpc) is 2.72. The largest absolute Gasteiger partial charge is 0.449 e. The van der Waals surface area contributed by atoms with Crippen LogP contribution in [0, 0.1) is 6.92 Å². The Morgan fingerprint density at radius 1 is 1.19 bits per heavy atom. The second kappa shape index (κ2) is 5.05. The molecule has 1 aromatic heterocycles. The zero-order valence-electron chi connectivity index (χ0n) is 12.1. The van der Waals surface area contributed by atoms with Gasteiger partial charge in [-0.1, -0.05) is 20.3 Å². The molecule has 1 aromatic carbocycles. The molecular weight excluding hydrogens is 285 g/mol. The highest BCUT2D eigenvalue weighted by atomic mass is 31.0. The van der Waals surface area contributed by atoms with Crippen LogP contribution in [0.25, 0.3) is 0 Å². The first-order valence-corrected chi connectivity index (χ1v) is 7.66. The molecule has 1 aliphatic rings. The Balaban J connectivity index is 1.81. The Bertz CT molecular complexity index is 712. The summed E-state index contributed by atoms with van der Waals surface area (Å²) in [5.74, 6) is 2.54. The van der Waals surface area contributed by atoms with Crippen molar-refractivity contribution in [3.05, 3.63) is 47.0 Å². The van der Waals surface area contributed by atoms with Crippen LogP contribution in [0.4, 0.5) is 5.69 Å². The van der Waals surface area contributed by atoms with Gasteiger partial charge in [-0.25, -0.2) is 0 Å². The van der Waals surface area contributed by atoms with E-state index in [2.05, 4.69) is 5.32 Å². The molecule has 0 bridgehead atoms. The molecule has 21 heavy (non-hydrogen) atoms. The number of aryl methyl sites for hydroxylation is 1. The summed E-state index contributed by atoms with van der Waals surface area (Å²) in [5.41, 5.74) is 1.68. The molecule has 0 aliphatic carbocycles. The van der Waals surface area contributed by atoms with Crippen molar-refractivity contribution in [3.8, 4) is 11.5 Å². The van der Waals surface area contributed by atoms with Crippen LogP contribution in [0.2, 0.25) is 0 Å². The molecule has 1 amide bonds. The van der Waals surface area contributed by atoms with Crippen LogP contribution in [-0.2, 0) is 0 Å². The SMILES string of the molecule is Cc1cccpc1C(=O)Nc1ccc2c(c1)OC(C)(C)O2. The fourth-order valence-corrected chi connectivity index (χ4v) is 2.99. The number of anilines is 1. The fourth-order valence-electron chi connectivity index (χ4n) is 2.21. The third-order valence-electron chi connectivity index (χ3n) is 3.14. The number of hydrogen-bond donors (Lipinski definition) is 1. The zero-order chi connectivity index (χ0) is 15.0. The Hall–Kier alpha value is -2.06. The minimum Gasteiger partial charge on any atom is -0.449 e. The molecule has 4 nitrogen and oxygen atoms in total. The van der Waals surface area contributed by atoms with Crippen LogP contribution in [0.3, 0.4) is 0 Å². The van der Waals surface area contributed by atoms with Crippen molar-refractivity contribution < 1.29 is 14.3 Å². The third kappa shape index (κ3) is 2.86. The van der Waals surface area contributed by atoms with Crippen molar-refractivity contribution in [2.24, 2.45) is 0 Å². The van der Waals surface area contributed by atoms with Gasteiger partial charge in [0.2, 0.25) is 5.79 Å². The summed E-state index contributed by atoms with van der Waals surface area (Å²) in [6.07, 6.45) is 0. The van der Waals surface area contributed by atoms with Gasteiger partial charge in [0.1, 0.15) is 0 Å². The van der Waals surface area contributed by atoms with Crippen LogP contribution >= 0.6 is 8.19 Å². The van der Waals surface area contributed by atoms with Crippen LogP contribution < -0.4 is 14.8 Å². The normalized spacial score (nSPS) is 15.2. The van der Waals surface area contributed by atoms with E-state index in [4.69, 9.17) is 9.47 Å². The summed E-state index contributed by atoms with van der Waals surface area (Å²) in [6, 6.07) is 9.31. The number of amides is 1. The fraction of sp³-hybridized carbons (Fsp3) is 0.250. The lowest BCUT2D eigenvalue weighted by atomic mass is 10.2. The van der Waals surface area contributed by atoms with E-state index in [-0.39, 0.29) is 5.91 Å². The molecule has 1 aliphatic heterocycles. The van der Waals surface area contributed by atoms with E-state index >= 15 is 0 Å². The summed E-state index contributed by atoms with van der Waals surface area (Å²) >= 11 is 0. The number of carbonyl (C=O) groups is 1. The average molecular weight is 301 g/mol. The summed E-state index contributed by atoms with van der Waals surface area (Å²) in [4.78, 5) is 12.3. The van der Waals surface area contributed by atoms with Gasteiger partial charge in [0.05, 0.1) is 5.30 Å². The first-order chi connectivity index (χ1) is 9.94. The standard InChI is InChI=1S/C16H16NO3P/c1-10-5-4-8-21-14(10)15(18)17-11-6-7-12-13(9-11)20-16(2,3)19-12/h4-9H,1-3H3,(H,17,18). The Morgan fingerprint density at radius 3 is 2.71 bits per heavy atom. The minimum absolute atomic E-state index is 0.0899. The number of fused-ring (bicyclic) bond motifs is 1. The van der Waals surface area contributed by atoms with Gasteiger partial charge in [-0.05, 0) is 30.4 Å². The second-order valence-electron chi connectivity index (χ2n) is 5.39. The molecule has 0 atom stereocenters. The van der Waals surface area contributed by atoms with Gasteiger partial charge in [-0.15, -0.1) is 0 Å². The van der Waals surface area contributed by atoms with Gasteiger partial charge in [0.25, 0.3) is 5.91 Å². The number of nitrogens with one attached hydrogen (secondary N) is 1. The maximum atomic E-state index is 12.3. The van der Waals surface area contributed by atoms with E-state index in [0.717, 1.165) is 19.1 Å². The smallest absolute Gasteiger partial charge is 0.260 e. The van der Waals surface area contributed by atoms with Gasteiger partial charge in [-0.2, -0.15) is 0 Å². The molecule has 0 radical (unpaired) electrons. The summed E-state index contributed by atoms with van der Waals surface area (Å²) in [7, 11) is 0.914. The van der Waals surface area contributed by atoms with E-state index in [1.54, 1.807) is 6.07 Å². The Labute approximate surface area is 125 Å². The lowest BCUT2D eigenvalue weighted by Gasteiger charge is -2.16. The van der Waals surface area contributed by atoms with Crippen LogP contribution in [-0.4, -0.2) is 11.7 Å². The van der Waals surface area contributed by atoms with E-state index in [0.29, 0.717) is 17.2 Å². The van der Waals surface area contributed by atoms with Crippen molar-refractivity contribution >= 4 is 19.8 Å². The predicted molar refractivity (Wildman–Crippen MR) is 83.4 cm³/mol. The van der Waals surface area contributed by atoms with Crippen molar-refractivity contribution in [1.29, 1.82) is 0 Å². The quantitative estimate of drug-likeness (QED) is 0.898. The number of carbonyl (C=O) groups excluding carboxylic acids is 1. The Kier molecular flexibility index (Phi) is 3.34. The van der Waals surface area contributed by atoms with E-state index in [9.17, 15) is 4.79 Å². The zero-order valence-corrected chi connectivity index (χ0v) is 13.0. The van der Waals surface area contributed by atoms with Crippen LogP contribution in [0.15, 0.2) is 36.1 Å². The number of rotatable bonds is 2. The summed E-state index contributed by atoms with van der Waals surface area (Å²) in [5, 5.41) is 3.67. The summed E-state index contributed by atoms with van der Waals surface area (Å²) < 4.78 is 11.3. The predicted octanol–water partition coefficient (Wildman–Crippen LogP) is 4.33. The van der Waals surface area contributed by atoms with Gasteiger partial charge in [-0.3, -0.25) is 4.79 Å². The molecule has 3 rings (SSSR count). The van der Waals surface area contributed by atoms with Crippen LogP contribution in [0.1, 0.15) is 29.5 Å². The highest BCUT2D eigenvalue weighted by Gasteiger charge is 2.31. The molecule has 2 heterocycles. The monoisotopic (exact) mass is 301 g/mol. The third-order valence-corrected chi connectivity index (χ3v) is 4.27. The topological polar surface area (TPSA) is 47.6 Å². The molecule has 5 heteroatoms. The molecule has 0 unspecified atom stereocenters.